The van der Waals surface area contributed by atoms with E-state index in [-0.39, 0.29) is 17.8 Å². The predicted molar refractivity (Wildman–Crippen MR) is 118 cm³/mol. The lowest BCUT2D eigenvalue weighted by Crippen LogP contribution is -2.27. The summed E-state index contributed by atoms with van der Waals surface area (Å²) in [6.45, 7) is 0.323. The second-order valence-corrected chi connectivity index (χ2v) is 8.83. The number of carbonyl (C=O) groups excluding carboxylic acids is 1. The third-order valence-corrected chi connectivity index (χ3v) is 7.11. The number of rotatable bonds is 4. The number of para-hydroxylation sites is 1. The van der Waals surface area contributed by atoms with E-state index in [9.17, 15) is 4.79 Å². The summed E-state index contributed by atoms with van der Waals surface area (Å²) < 4.78 is 7.03. The van der Waals surface area contributed by atoms with Gasteiger partial charge in [0, 0.05) is 5.92 Å². The first kappa shape index (κ1) is 18.3. The molecule has 4 heteroatoms. The molecule has 2 atom stereocenters. The molecule has 4 aromatic rings. The zero-order valence-electron chi connectivity index (χ0n) is 16.2. The molecular formula is C25H23NO2S. The van der Waals surface area contributed by atoms with E-state index in [0.29, 0.717) is 6.61 Å². The van der Waals surface area contributed by atoms with Gasteiger partial charge in [-0.3, -0.25) is 4.79 Å². The number of thiazole rings is 1. The Hall–Kier alpha value is -2.72. The third-order valence-electron chi connectivity index (χ3n) is 5.95. The maximum atomic E-state index is 13.1. The van der Waals surface area contributed by atoms with Gasteiger partial charge >= 0.3 is 5.97 Å². The molecule has 0 bridgehead atoms. The minimum absolute atomic E-state index is 0.0816. The molecule has 1 aromatic heterocycles. The highest BCUT2D eigenvalue weighted by atomic mass is 32.1. The van der Waals surface area contributed by atoms with E-state index >= 15 is 0 Å². The summed E-state index contributed by atoms with van der Waals surface area (Å²) in [7, 11) is 0. The van der Waals surface area contributed by atoms with Crippen LogP contribution in [0.25, 0.3) is 21.0 Å². The molecule has 0 N–H and O–H groups in total. The number of nitrogens with zero attached hydrogens (tertiary/aromatic N) is 1. The standard InChI is InChI=1S/C25H23NO2S/c27-25(28-16-18-10-7-9-17-8-1-2-11-19(17)18)21-13-4-3-12-20(21)24-26-22-14-5-6-15-23(22)29-24/h1-2,5-11,14-15,20-21H,3-4,12-13,16H2. The van der Waals surface area contributed by atoms with E-state index < -0.39 is 0 Å². The van der Waals surface area contributed by atoms with Crippen molar-refractivity contribution in [2.24, 2.45) is 5.92 Å². The summed E-state index contributed by atoms with van der Waals surface area (Å²) in [4.78, 5) is 17.9. The number of aromatic nitrogens is 1. The number of hydrogen-bond donors (Lipinski definition) is 0. The van der Waals surface area contributed by atoms with Crippen molar-refractivity contribution < 1.29 is 9.53 Å². The Bertz CT molecular complexity index is 1130. The molecule has 0 saturated heterocycles. The Kier molecular flexibility index (Phi) is 5.03. The van der Waals surface area contributed by atoms with Crippen molar-refractivity contribution in [3.63, 3.8) is 0 Å². The highest BCUT2D eigenvalue weighted by Gasteiger charge is 2.35. The monoisotopic (exact) mass is 401 g/mol. The van der Waals surface area contributed by atoms with Crippen molar-refractivity contribution in [3.8, 4) is 0 Å². The van der Waals surface area contributed by atoms with Gasteiger partial charge in [-0.05, 0) is 41.3 Å². The zero-order valence-corrected chi connectivity index (χ0v) is 17.0. The van der Waals surface area contributed by atoms with Gasteiger partial charge in [-0.15, -0.1) is 11.3 Å². The van der Waals surface area contributed by atoms with E-state index in [4.69, 9.17) is 9.72 Å². The second kappa shape index (κ2) is 7.96. The molecule has 1 aliphatic carbocycles. The predicted octanol–water partition coefficient (Wildman–Crippen LogP) is 6.47. The molecule has 5 rings (SSSR count). The molecule has 1 saturated carbocycles. The molecule has 3 aromatic carbocycles. The zero-order chi connectivity index (χ0) is 19.6. The lowest BCUT2D eigenvalue weighted by Gasteiger charge is -2.28. The quantitative estimate of drug-likeness (QED) is 0.368. The maximum absolute atomic E-state index is 13.1. The summed E-state index contributed by atoms with van der Waals surface area (Å²) in [6, 6.07) is 22.6. The van der Waals surface area contributed by atoms with E-state index in [1.807, 2.05) is 42.5 Å². The largest absolute Gasteiger partial charge is 0.461 e. The van der Waals surface area contributed by atoms with Crippen molar-refractivity contribution in [2.75, 3.05) is 0 Å². The van der Waals surface area contributed by atoms with Crippen LogP contribution in [0.1, 0.15) is 42.2 Å². The summed E-state index contributed by atoms with van der Waals surface area (Å²) in [6.07, 6.45) is 4.12. The molecule has 29 heavy (non-hydrogen) atoms. The van der Waals surface area contributed by atoms with Crippen molar-refractivity contribution in [3.05, 3.63) is 77.3 Å². The van der Waals surface area contributed by atoms with Gasteiger partial charge in [0.05, 0.1) is 21.1 Å². The fourth-order valence-corrected chi connectivity index (χ4v) is 5.60. The minimum atomic E-state index is -0.0979. The van der Waals surface area contributed by atoms with Gasteiger partial charge in [-0.25, -0.2) is 4.98 Å². The van der Waals surface area contributed by atoms with Crippen LogP contribution in [-0.4, -0.2) is 11.0 Å². The van der Waals surface area contributed by atoms with Crippen molar-refractivity contribution in [1.29, 1.82) is 0 Å². The van der Waals surface area contributed by atoms with Gasteiger partial charge in [0.1, 0.15) is 6.61 Å². The first-order valence-corrected chi connectivity index (χ1v) is 11.1. The average molecular weight is 402 g/mol. The number of ether oxygens (including phenoxy) is 1. The van der Waals surface area contributed by atoms with Crippen LogP contribution in [0.3, 0.4) is 0 Å². The SMILES string of the molecule is O=C(OCc1cccc2ccccc12)C1CCCCC1c1nc2ccccc2s1. The molecule has 0 amide bonds. The fourth-order valence-electron chi connectivity index (χ4n) is 4.43. The molecule has 2 unspecified atom stereocenters. The Morgan fingerprint density at radius 3 is 2.69 bits per heavy atom. The van der Waals surface area contributed by atoms with Crippen LogP contribution in [0.5, 0.6) is 0 Å². The third kappa shape index (κ3) is 3.65. The van der Waals surface area contributed by atoms with Crippen LogP contribution >= 0.6 is 11.3 Å². The van der Waals surface area contributed by atoms with Crippen LogP contribution in [0.4, 0.5) is 0 Å². The second-order valence-electron chi connectivity index (χ2n) is 7.76. The Balaban J connectivity index is 1.36. The number of esters is 1. The molecule has 0 aliphatic heterocycles. The van der Waals surface area contributed by atoms with Gasteiger partial charge in [0.15, 0.2) is 0 Å². The number of benzene rings is 3. The topological polar surface area (TPSA) is 39.2 Å². The summed E-state index contributed by atoms with van der Waals surface area (Å²) in [5.41, 5.74) is 2.09. The lowest BCUT2D eigenvalue weighted by molar-refractivity contribution is -0.151. The molecular weight excluding hydrogens is 378 g/mol. The number of fused-ring (bicyclic) bond motifs is 2. The average Bonchev–Trinajstić information content (AvgIpc) is 3.21. The minimum Gasteiger partial charge on any atom is -0.461 e. The summed E-state index contributed by atoms with van der Waals surface area (Å²) >= 11 is 1.72. The fraction of sp³-hybridized carbons (Fsp3) is 0.280. The van der Waals surface area contributed by atoms with E-state index in [1.165, 1.54) is 10.1 Å². The first-order chi connectivity index (χ1) is 14.3. The molecule has 1 heterocycles. The Morgan fingerprint density at radius 2 is 1.76 bits per heavy atom. The van der Waals surface area contributed by atoms with E-state index in [2.05, 4.69) is 24.3 Å². The maximum Gasteiger partial charge on any atom is 0.309 e. The van der Waals surface area contributed by atoms with Crippen LogP contribution in [0, 0.1) is 5.92 Å². The van der Waals surface area contributed by atoms with Gasteiger partial charge < -0.3 is 4.74 Å². The van der Waals surface area contributed by atoms with E-state index in [1.54, 1.807) is 11.3 Å². The summed E-state index contributed by atoms with van der Waals surface area (Å²) in [5, 5.41) is 3.40. The molecule has 0 radical (unpaired) electrons. The van der Waals surface area contributed by atoms with Gasteiger partial charge in [0.2, 0.25) is 0 Å². The smallest absolute Gasteiger partial charge is 0.309 e. The van der Waals surface area contributed by atoms with Crippen LogP contribution in [-0.2, 0) is 16.1 Å². The van der Waals surface area contributed by atoms with Gasteiger partial charge in [-0.2, -0.15) is 0 Å². The van der Waals surface area contributed by atoms with Crippen LogP contribution in [0.15, 0.2) is 66.7 Å². The number of hydrogen-bond acceptors (Lipinski definition) is 4. The Morgan fingerprint density at radius 1 is 0.966 bits per heavy atom. The van der Waals surface area contributed by atoms with Gasteiger partial charge in [0.25, 0.3) is 0 Å². The molecule has 1 fully saturated rings. The molecule has 0 spiro atoms. The number of carbonyl (C=O) groups is 1. The first-order valence-electron chi connectivity index (χ1n) is 10.3. The molecule has 3 nitrogen and oxygen atoms in total. The normalized spacial score (nSPS) is 19.4. The molecule has 146 valence electrons. The van der Waals surface area contributed by atoms with Crippen molar-refractivity contribution >= 4 is 38.3 Å². The highest BCUT2D eigenvalue weighted by Crippen LogP contribution is 2.41. The highest BCUT2D eigenvalue weighted by molar-refractivity contribution is 7.18. The summed E-state index contributed by atoms with van der Waals surface area (Å²) in [5.74, 6) is -0.0117. The lowest BCUT2D eigenvalue weighted by atomic mass is 9.79. The van der Waals surface area contributed by atoms with Crippen molar-refractivity contribution in [1.82, 2.24) is 4.98 Å². The van der Waals surface area contributed by atoms with Crippen molar-refractivity contribution in [2.45, 2.75) is 38.2 Å². The Labute approximate surface area is 174 Å². The van der Waals surface area contributed by atoms with Crippen LogP contribution in [0.2, 0.25) is 0 Å². The van der Waals surface area contributed by atoms with E-state index in [0.717, 1.165) is 47.2 Å². The van der Waals surface area contributed by atoms with Crippen LogP contribution < -0.4 is 0 Å². The van der Waals surface area contributed by atoms with Gasteiger partial charge in [-0.1, -0.05) is 67.4 Å². The molecule has 1 aliphatic rings.